The summed E-state index contributed by atoms with van der Waals surface area (Å²) in [6.45, 7) is 0. The monoisotopic (exact) mass is 248 g/mol. The van der Waals surface area contributed by atoms with Crippen LogP contribution in [0.15, 0.2) is 36.0 Å². The van der Waals surface area contributed by atoms with Gasteiger partial charge in [0.15, 0.2) is 0 Å². The summed E-state index contributed by atoms with van der Waals surface area (Å²) in [6, 6.07) is 7.98. The van der Waals surface area contributed by atoms with Crippen molar-refractivity contribution >= 4 is 17.0 Å². The number of thiazole rings is 1. The van der Waals surface area contributed by atoms with Gasteiger partial charge < -0.3 is 10.0 Å². The third-order valence-corrected chi connectivity index (χ3v) is 3.47. The number of hydrogen-bond acceptors (Lipinski definition) is 4. The fourth-order valence-electron chi connectivity index (χ4n) is 1.65. The molecule has 1 aromatic heterocycles. The molecule has 1 heterocycles. The van der Waals surface area contributed by atoms with Crippen LogP contribution in [0.1, 0.15) is 16.5 Å². The highest BCUT2D eigenvalue weighted by atomic mass is 32.1. The number of hydrogen-bond donors (Lipinski definition) is 1. The summed E-state index contributed by atoms with van der Waals surface area (Å²) in [7, 11) is 4.01. The van der Waals surface area contributed by atoms with Crippen LogP contribution in [0, 0.1) is 0 Å². The van der Waals surface area contributed by atoms with Crippen molar-refractivity contribution < 1.29 is 5.11 Å². The van der Waals surface area contributed by atoms with Crippen LogP contribution in [0.4, 0.5) is 5.69 Å². The molecule has 2 aromatic rings. The van der Waals surface area contributed by atoms with Crippen LogP contribution in [-0.4, -0.2) is 24.2 Å². The Bertz CT molecular complexity index is 451. The Morgan fingerprint density at radius 2 is 2.00 bits per heavy atom. The minimum atomic E-state index is -0.452. The molecule has 3 nitrogen and oxygen atoms in total. The lowest BCUT2D eigenvalue weighted by Crippen LogP contribution is -2.08. The van der Waals surface area contributed by atoms with Crippen molar-refractivity contribution in [2.24, 2.45) is 0 Å². The summed E-state index contributed by atoms with van der Waals surface area (Å²) in [5.74, 6) is 0. The van der Waals surface area contributed by atoms with Gasteiger partial charge in [-0.2, -0.15) is 0 Å². The maximum Gasteiger partial charge on any atom is 0.0838 e. The highest BCUT2D eigenvalue weighted by Crippen LogP contribution is 2.22. The molecule has 0 saturated heterocycles. The quantitative estimate of drug-likeness (QED) is 0.903. The fraction of sp³-hybridized carbons (Fsp3) is 0.308. The van der Waals surface area contributed by atoms with Crippen molar-refractivity contribution in [1.29, 1.82) is 0 Å². The van der Waals surface area contributed by atoms with Gasteiger partial charge in [0.1, 0.15) is 0 Å². The number of benzene rings is 1. The highest BCUT2D eigenvalue weighted by molar-refractivity contribution is 7.09. The van der Waals surface area contributed by atoms with E-state index >= 15 is 0 Å². The second-order valence-corrected chi connectivity index (χ2v) is 5.14. The maximum atomic E-state index is 10.1. The molecular formula is C13H16N2OS. The normalized spacial score (nSPS) is 12.4. The predicted octanol–water partition coefficient (Wildman–Crippen LogP) is 2.49. The lowest BCUT2D eigenvalue weighted by molar-refractivity contribution is 0.179. The molecule has 1 N–H and O–H groups in total. The Kier molecular flexibility index (Phi) is 3.76. The van der Waals surface area contributed by atoms with Crippen molar-refractivity contribution in [2.75, 3.05) is 19.0 Å². The first kappa shape index (κ1) is 12.1. The van der Waals surface area contributed by atoms with Gasteiger partial charge in [-0.15, -0.1) is 11.3 Å². The van der Waals surface area contributed by atoms with E-state index < -0.39 is 6.10 Å². The highest BCUT2D eigenvalue weighted by Gasteiger charge is 2.09. The van der Waals surface area contributed by atoms with Gasteiger partial charge in [-0.3, -0.25) is 4.98 Å². The van der Waals surface area contributed by atoms with Gasteiger partial charge in [0.2, 0.25) is 0 Å². The molecule has 0 amide bonds. The van der Waals surface area contributed by atoms with Crippen LogP contribution in [-0.2, 0) is 6.42 Å². The SMILES string of the molecule is CN(C)c1ccc(C(O)Cc2cncs2)cc1. The van der Waals surface area contributed by atoms with Gasteiger partial charge in [-0.25, -0.2) is 0 Å². The fourth-order valence-corrected chi connectivity index (χ4v) is 2.28. The number of nitrogens with zero attached hydrogens (tertiary/aromatic N) is 2. The summed E-state index contributed by atoms with van der Waals surface area (Å²) in [4.78, 5) is 7.15. The molecule has 0 saturated carbocycles. The molecule has 90 valence electrons. The average molecular weight is 248 g/mol. The molecule has 17 heavy (non-hydrogen) atoms. The van der Waals surface area contributed by atoms with Crippen LogP contribution in [0.5, 0.6) is 0 Å². The molecule has 1 unspecified atom stereocenters. The summed E-state index contributed by atoms with van der Waals surface area (Å²) in [5, 5.41) is 10.1. The smallest absolute Gasteiger partial charge is 0.0838 e. The minimum absolute atomic E-state index is 0.452. The van der Waals surface area contributed by atoms with Crippen molar-refractivity contribution in [3.63, 3.8) is 0 Å². The van der Waals surface area contributed by atoms with E-state index in [1.165, 1.54) is 0 Å². The summed E-state index contributed by atoms with van der Waals surface area (Å²) in [6.07, 6.45) is 1.99. The Labute approximate surface area is 105 Å². The molecule has 0 radical (unpaired) electrons. The summed E-state index contributed by atoms with van der Waals surface area (Å²) >= 11 is 1.57. The number of aliphatic hydroxyl groups excluding tert-OH is 1. The second kappa shape index (κ2) is 5.29. The number of aromatic nitrogens is 1. The maximum absolute atomic E-state index is 10.1. The third-order valence-electron chi connectivity index (χ3n) is 2.67. The Morgan fingerprint density at radius 1 is 1.29 bits per heavy atom. The lowest BCUT2D eigenvalue weighted by atomic mass is 10.1. The standard InChI is InChI=1S/C13H16N2OS/c1-15(2)11-5-3-10(4-6-11)13(16)7-12-8-14-9-17-12/h3-6,8-9,13,16H,7H2,1-2H3. The molecule has 0 bridgehead atoms. The Hall–Kier alpha value is -1.39. The van der Waals surface area contributed by atoms with Gasteiger partial charge >= 0.3 is 0 Å². The van der Waals surface area contributed by atoms with Crippen molar-refractivity contribution in [2.45, 2.75) is 12.5 Å². The summed E-state index contributed by atoms with van der Waals surface area (Å²) in [5.41, 5.74) is 3.87. The number of anilines is 1. The molecule has 0 aliphatic heterocycles. The van der Waals surface area contributed by atoms with Crippen molar-refractivity contribution in [1.82, 2.24) is 4.98 Å². The second-order valence-electron chi connectivity index (χ2n) is 4.17. The van der Waals surface area contributed by atoms with Gasteiger partial charge in [-0.1, -0.05) is 12.1 Å². The first-order valence-corrected chi connectivity index (χ1v) is 6.37. The van der Waals surface area contributed by atoms with Crippen LogP contribution in [0.2, 0.25) is 0 Å². The molecule has 0 fully saturated rings. The molecule has 0 aliphatic carbocycles. The first-order valence-electron chi connectivity index (χ1n) is 5.49. The zero-order chi connectivity index (χ0) is 12.3. The number of rotatable bonds is 4. The Balaban J connectivity index is 2.06. The molecule has 1 aromatic carbocycles. The van der Waals surface area contributed by atoms with E-state index in [0.717, 1.165) is 16.1 Å². The van der Waals surface area contributed by atoms with E-state index in [0.29, 0.717) is 6.42 Å². The van der Waals surface area contributed by atoms with Crippen molar-refractivity contribution in [3.05, 3.63) is 46.4 Å². The van der Waals surface area contributed by atoms with E-state index in [4.69, 9.17) is 0 Å². The van der Waals surface area contributed by atoms with Gasteiger partial charge in [0, 0.05) is 37.3 Å². The average Bonchev–Trinajstić information content (AvgIpc) is 2.82. The molecule has 2 rings (SSSR count). The van der Waals surface area contributed by atoms with Crippen LogP contribution < -0.4 is 4.90 Å². The largest absolute Gasteiger partial charge is 0.388 e. The molecule has 4 heteroatoms. The van der Waals surface area contributed by atoms with E-state index in [9.17, 15) is 5.11 Å². The van der Waals surface area contributed by atoms with Gasteiger partial charge in [-0.05, 0) is 17.7 Å². The molecular weight excluding hydrogens is 232 g/mol. The van der Waals surface area contributed by atoms with E-state index in [-0.39, 0.29) is 0 Å². The lowest BCUT2D eigenvalue weighted by Gasteiger charge is -2.14. The van der Waals surface area contributed by atoms with Crippen LogP contribution >= 0.6 is 11.3 Å². The zero-order valence-electron chi connectivity index (χ0n) is 10.00. The third kappa shape index (κ3) is 3.05. The van der Waals surface area contributed by atoms with E-state index in [2.05, 4.69) is 4.98 Å². The molecule has 1 atom stereocenters. The molecule has 0 aliphatic rings. The van der Waals surface area contributed by atoms with Gasteiger partial charge in [0.05, 0.1) is 11.6 Å². The Morgan fingerprint density at radius 3 is 2.53 bits per heavy atom. The van der Waals surface area contributed by atoms with Gasteiger partial charge in [0.25, 0.3) is 0 Å². The number of aliphatic hydroxyl groups is 1. The zero-order valence-corrected chi connectivity index (χ0v) is 10.8. The van der Waals surface area contributed by atoms with E-state index in [1.54, 1.807) is 16.8 Å². The summed E-state index contributed by atoms with van der Waals surface area (Å²) < 4.78 is 0. The first-order chi connectivity index (χ1) is 8.16. The predicted molar refractivity (Wildman–Crippen MR) is 71.5 cm³/mol. The van der Waals surface area contributed by atoms with Crippen LogP contribution in [0.3, 0.4) is 0 Å². The topological polar surface area (TPSA) is 36.4 Å². The minimum Gasteiger partial charge on any atom is -0.388 e. The van der Waals surface area contributed by atoms with Crippen molar-refractivity contribution in [3.8, 4) is 0 Å². The van der Waals surface area contributed by atoms with Crippen LogP contribution in [0.25, 0.3) is 0 Å². The molecule has 0 spiro atoms. The van der Waals surface area contributed by atoms with E-state index in [1.807, 2.05) is 49.5 Å².